The average molecular weight is 281 g/mol. The zero-order chi connectivity index (χ0) is 14.0. The van der Waals surface area contributed by atoms with Crippen LogP contribution in [0.5, 0.6) is 0 Å². The monoisotopic (exact) mass is 281 g/mol. The number of thiazole rings is 1. The first kappa shape index (κ1) is 14.1. The first-order valence-corrected chi connectivity index (χ1v) is 7.26. The molecule has 6 heteroatoms. The molecule has 2 rings (SSSR count). The van der Waals surface area contributed by atoms with Gasteiger partial charge in [-0.1, -0.05) is 20.8 Å². The minimum Gasteiger partial charge on any atom is -0.299 e. The number of aromatic nitrogens is 1. The number of nitrogens with one attached hydrogen (secondary N) is 2. The highest BCUT2D eigenvalue weighted by atomic mass is 32.1. The molecule has 1 aromatic heterocycles. The Morgan fingerprint density at radius 3 is 2.79 bits per heavy atom. The Morgan fingerprint density at radius 2 is 2.21 bits per heavy atom. The van der Waals surface area contributed by atoms with Crippen molar-refractivity contribution in [3.8, 4) is 0 Å². The van der Waals surface area contributed by atoms with E-state index in [0.29, 0.717) is 19.4 Å². The van der Waals surface area contributed by atoms with Crippen LogP contribution in [0.3, 0.4) is 0 Å². The van der Waals surface area contributed by atoms with Crippen LogP contribution in [0.4, 0.5) is 0 Å². The van der Waals surface area contributed by atoms with Crippen LogP contribution in [-0.2, 0) is 21.5 Å². The van der Waals surface area contributed by atoms with Crippen molar-refractivity contribution in [1.29, 1.82) is 0 Å². The third-order valence-electron chi connectivity index (χ3n) is 3.06. The van der Waals surface area contributed by atoms with E-state index in [1.165, 1.54) is 0 Å². The molecule has 19 heavy (non-hydrogen) atoms. The fourth-order valence-electron chi connectivity index (χ4n) is 1.84. The molecule has 1 atom stereocenters. The Labute approximate surface area is 116 Å². The summed E-state index contributed by atoms with van der Waals surface area (Å²) in [4.78, 5) is 27.2. The molecule has 1 saturated heterocycles. The largest absolute Gasteiger partial charge is 0.299 e. The van der Waals surface area contributed by atoms with Gasteiger partial charge >= 0.3 is 0 Å². The van der Waals surface area contributed by atoms with E-state index >= 15 is 0 Å². The van der Waals surface area contributed by atoms with Gasteiger partial charge in [0.2, 0.25) is 11.8 Å². The predicted octanol–water partition coefficient (Wildman–Crippen LogP) is 1.34. The van der Waals surface area contributed by atoms with Crippen molar-refractivity contribution in [3.05, 3.63) is 16.1 Å². The minimum absolute atomic E-state index is 0.0450. The van der Waals surface area contributed by atoms with Gasteiger partial charge in [-0.05, 0) is 6.42 Å². The van der Waals surface area contributed by atoms with E-state index < -0.39 is 0 Å². The maximum atomic E-state index is 11.6. The molecule has 2 N–H and O–H groups in total. The number of hydrogen-bond donors (Lipinski definition) is 2. The van der Waals surface area contributed by atoms with E-state index in [2.05, 4.69) is 41.8 Å². The number of carbonyl (C=O) groups is 2. The number of imide groups is 1. The lowest BCUT2D eigenvalue weighted by Gasteiger charge is -2.21. The van der Waals surface area contributed by atoms with Gasteiger partial charge in [0.15, 0.2) is 0 Å². The molecule has 2 heterocycles. The lowest BCUT2D eigenvalue weighted by atomic mass is 9.93. The summed E-state index contributed by atoms with van der Waals surface area (Å²) in [5.41, 5.74) is 1.11. The van der Waals surface area contributed by atoms with Crippen LogP contribution in [0.1, 0.15) is 44.3 Å². The van der Waals surface area contributed by atoms with E-state index in [0.717, 1.165) is 10.7 Å². The maximum Gasteiger partial charge on any atom is 0.243 e. The third-order valence-corrected chi connectivity index (χ3v) is 3.91. The molecule has 2 amide bonds. The van der Waals surface area contributed by atoms with Crippen LogP contribution < -0.4 is 10.6 Å². The van der Waals surface area contributed by atoms with Crippen molar-refractivity contribution in [2.75, 3.05) is 0 Å². The molecule has 0 aromatic carbocycles. The second kappa shape index (κ2) is 5.38. The number of nitrogens with zero attached hydrogens (tertiary/aromatic N) is 1. The fourth-order valence-corrected chi connectivity index (χ4v) is 2.81. The molecule has 1 aliphatic rings. The lowest BCUT2D eigenvalue weighted by Crippen LogP contribution is -2.50. The number of rotatable bonds is 3. The summed E-state index contributed by atoms with van der Waals surface area (Å²) in [6.07, 6.45) is 0.955. The van der Waals surface area contributed by atoms with E-state index in [1.54, 1.807) is 11.3 Å². The molecule has 104 valence electrons. The summed E-state index contributed by atoms with van der Waals surface area (Å²) in [7, 11) is 0. The second-order valence-corrected chi connectivity index (χ2v) is 6.70. The number of carbonyl (C=O) groups excluding carboxylic acids is 2. The standard InChI is InChI=1S/C13H19N3O2S/c1-13(2,3)9-7-19-11(15-9)6-14-8-4-5-10(17)16-12(8)18/h7-8,14H,4-6H2,1-3H3,(H,16,17,18). The molecule has 1 fully saturated rings. The molecule has 1 aromatic rings. The smallest absolute Gasteiger partial charge is 0.243 e. The quantitative estimate of drug-likeness (QED) is 0.820. The summed E-state index contributed by atoms with van der Waals surface area (Å²) < 4.78 is 0. The number of amides is 2. The molecule has 5 nitrogen and oxygen atoms in total. The molecular formula is C13H19N3O2S. The van der Waals surface area contributed by atoms with E-state index in [1.807, 2.05) is 0 Å². The van der Waals surface area contributed by atoms with Crippen LogP contribution >= 0.6 is 11.3 Å². The van der Waals surface area contributed by atoms with Crippen molar-refractivity contribution < 1.29 is 9.59 Å². The van der Waals surface area contributed by atoms with Gasteiger partial charge in [0.05, 0.1) is 11.7 Å². The third kappa shape index (κ3) is 3.61. The molecule has 0 radical (unpaired) electrons. The zero-order valence-corrected chi connectivity index (χ0v) is 12.3. The molecule has 1 unspecified atom stereocenters. The molecular weight excluding hydrogens is 262 g/mol. The van der Waals surface area contributed by atoms with Gasteiger partial charge in [-0.3, -0.25) is 20.2 Å². The summed E-state index contributed by atoms with van der Waals surface area (Å²) in [5, 5.41) is 8.52. The first-order valence-electron chi connectivity index (χ1n) is 6.38. The van der Waals surface area contributed by atoms with Crippen molar-refractivity contribution >= 4 is 23.2 Å². The Kier molecular flexibility index (Phi) is 4.01. The van der Waals surface area contributed by atoms with Crippen LogP contribution in [0, 0.1) is 0 Å². The van der Waals surface area contributed by atoms with Gasteiger partial charge < -0.3 is 0 Å². The van der Waals surface area contributed by atoms with Gasteiger partial charge in [-0.2, -0.15) is 0 Å². The number of hydrogen-bond acceptors (Lipinski definition) is 5. The molecule has 0 bridgehead atoms. The van der Waals surface area contributed by atoms with Crippen LogP contribution in [0.15, 0.2) is 5.38 Å². The Bertz CT molecular complexity index is 490. The molecule has 0 saturated carbocycles. The zero-order valence-electron chi connectivity index (χ0n) is 11.4. The minimum atomic E-state index is -0.292. The highest BCUT2D eigenvalue weighted by Gasteiger charge is 2.26. The molecule has 1 aliphatic heterocycles. The van der Waals surface area contributed by atoms with Crippen molar-refractivity contribution in [1.82, 2.24) is 15.6 Å². The Morgan fingerprint density at radius 1 is 1.47 bits per heavy atom. The van der Waals surface area contributed by atoms with Crippen molar-refractivity contribution in [3.63, 3.8) is 0 Å². The SMILES string of the molecule is CC(C)(C)c1csc(CNC2CCC(=O)NC2=O)n1. The summed E-state index contributed by atoms with van der Waals surface area (Å²) in [6.45, 7) is 6.94. The number of piperidine rings is 1. The van der Waals surface area contributed by atoms with Crippen molar-refractivity contribution in [2.45, 2.75) is 51.6 Å². The summed E-state index contributed by atoms with van der Waals surface area (Å²) >= 11 is 1.59. The van der Waals surface area contributed by atoms with Gasteiger partial charge in [-0.25, -0.2) is 4.98 Å². The highest BCUT2D eigenvalue weighted by molar-refractivity contribution is 7.09. The second-order valence-electron chi connectivity index (χ2n) is 5.76. The van der Waals surface area contributed by atoms with Crippen LogP contribution in [-0.4, -0.2) is 22.8 Å². The van der Waals surface area contributed by atoms with E-state index in [-0.39, 0.29) is 23.3 Å². The van der Waals surface area contributed by atoms with E-state index in [9.17, 15) is 9.59 Å². The first-order chi connectivity index (χ1) is 8.86. The highest BCUT2D eigenvalue weighted by Crippen LogP contribution is 2.23. The predicted molar refractivity (Wildman–Crippen MR) is 73.8 cm³/mol. The Hall–Kier alpha value is -1.27. The molecule has 0 spiro atoms. The van der Waals surface area contributed by atoms with Gasteiger partial charge in [0, 0.05) is 23.8 Å². The summed E-state index contributed by atoms with van der Waals surface area (Å²) in [5.74, 6) is -0.420. The Balaban J connectivity index is 1.90. The van der Waals surface area contributed by atoms with Gasteiger partial charge in [-0.15, -0.1) is 11.3 Å². The van der Waals surface area contributed by atoms with Crippen LogP contribution in [0.2, 0.25) is 0 Å². The van der Waals surface area contributed by atoms with E-state index in [4.69, 9.17) is 0 Å². The summed E-state index contributed by atoms with van der Waals surface area (Å²) in [6, 6.07) is -0.292. The topological polar surface area (TPSA) is 71.1 Å². The van der Waals surface area contributed by atoms with Crippen molar-refractivity contribution in [2.24, 2.45) is 0 Å². The maximum absolute atomic E-state index is 11.6. The van der Waals surface area contributed by atoms with Crippen LogP contribution in [0.25, 0.3) is 0 Å². The normalized spacial score (nSPS) is 20.5. The fraction of sp³-hybridized carbons (Fsp3) is 0.615. The lowest BCUT2D eigenvalue weighted by molar-refractivity contribution is -0.134. The average Bonchev–Trinajstić information content (AvgIpc) is 2.76. The van der Waals surface area contributed by atoms with Gasteiger partial charge in [0.25, 0.3) is 0 Å². The molecule has 0 aliphatic carbocycles. The van der Waals surface area contributed by atoms with Gasteiger partial charge in [0.1, 0.15) is 5.01 Å².